The van der Waals surface area contributed by atoms with Crippen LogP contribution >= 0.6 is 0 Å². The van der Waals surface area contributed by atoms with Crippen molar-refractivity contribution in [1.82, 2.24) is 5.32 Å². The van der Waals surface area contributed by atoms with Crippen LogP contribution < -0.4 is 10.6 Å². The van der Waals surface area contributed by atoms with Crippen molar-refractivity contribution in [3.8, 4) is 0 Å². The van der Waals surface area contributed by atoms with Gasteiger partial charge in [0.05, 0.1) is 0 Å². The topological polar surface area (TPSA) is 58.2 Å². The molecule has 0 heterocycles. The summed E-state index contributed by atoms with van der Waals surface area (Å²) in [4.78, 5) is 24.3. The van der Waals surface area contributed by atoms with Crippen LogP contribution in [-0.4, -0.2) is 17.9 Å². The Balaban J connectivity index is 1.53. The molecule has 0 unspecified atom stereocenters. The average molecular weight is 314 g/mol. The van der Waals surface area contributed by atoms with Gasteiger partial charge in [0, 0.05) is 23.2 Å². The van der Waals surface area contributed by atoms with Gasteiger partial charge in [0.25, 0.3) is 5.91 Å². The lowest BCUT2D eigenvalue weighted by Crippen LogP contribution is -2.30. The summed E-state index contributed by atoms with van der Waals surface area (Å²) in [7, 11) is 0. The molecule has 0 bridgehead atoms. The van der Waals surface area contributed by atoms with E-state index in [0.717, 1.165) is 44.2 Å². The molecule has 4 nitrogen and oxygen atoms in total. The van der Waals surface area contributed by atoms with Crippen molar-refractivity contribution >= 4 is 17.5 Å². The van der Waals surface area contributed by atoms with Crippen LogP contribution in [0.25, 0.3) is 0 Å². The van der Waals surface area contributed by atoms with E-state index in [9.17, 15) is 9.59 Å². The van der Waals surface area contributed by atoms with Gasteiger partial charge < -0.3 is 10.6 Å². The van der Waals surface area contributed by atoms with E-state index >= 15 is 0 Å². The first kappa shape index (κ1) is 16.0. The van der Waals surface area contributed by atoms with Crippen LogP contribution in [0, 0.1) is 11.3 Å². The van der Waals surface area contributed by atoms with Gasteiger partial charge >= 0.3 is 0 Å². The quantitative estimate of drug-likeness (QED) is 0.889. The number of anilines is 1. The summed E-state index contributed by atoms with van der Waals surface area (Å²) < 4.78 is 0. The van der Waals surface area contributed by atoms with Crippen molar-refractivity contribution in [3.63, 3.8) is 0 Å². The summed E-state index contributed by atoms with van der Waals surface area (Å²) in [6.07, 6.45) is 6.29. The third kappa shape index (κ3) is 4.34. The van der Waals surface area contributed by atoms with E-state index in [2.05, 4.69) is 24.5 Å². The van der Waals surface area contributed by atoms with Crippen molar-refractivity contribution in [1.29, 1.82) is 0 Å². The molecule has 0 spiro atoms. The Hall–Kier alpha value is -1.84. The lowest BCUT2D eigenvalue weighted by atomic mass is 9.73. The summed E-state index contributed by atoms with van der Waals surface area (Å²) in [6.45, 7) is 4.54. The second-order valence-electron chi connectivity index (χ2n) is 7.75. The SMILES string of the molecule is CC1(C)CCC(C(=O)Nc2ccc(C(=O)NC3CC3)cc2)CC1. The molecule has 2 saturated carbocycles. The molecular formula is C19H26N2O2. The molecule has 3 rings (SSSR count). The van der Waals surface area contributed by atoms with Gasteiger partial charge in [-0.1, -0.05) is 13.8 Å². The molecule has 2 N–H and O–H groups in total. The molecule has 0 atom stereocenters. The van der Waals surface area contributed by atoms with Crippen molar-refractivity contribution in [2.75, 3.05) is 5.32 Å². The Bertz CT molecular complexity index is 578. The number of carbonyl (C=O) groups excluding carboxylic acids is 2. The van der Waals surface area contributed by atoms with Crippen LogP contribution in [0.1, 0.15) is 62.7 Å². The van der Waals surface area contributed by atoms with E-state index in [-0.39, 0.29) is 17.7 Å². The van der Waals surface area contributed by atoms with E-state index in [1.165, 1.54) is 0 Å². The molecule has 0 aromatic heterocycles. The number of hydrogen-bond donors (Lipinski definition) is 2. The Labute approximate surface area is 138 Å². The van der Waals surface area contributed by atoms with Crippen LogP contribution in [0.15, 0.2) is 24.3 Å². The first-order chi connectivity index (χ1) is 10.9. The normalized spacial score (nSPS) is 20.8. The van der Waals surface area contributed by atoms with E-state index in [0.29, 0.717) is 17.0 Å². The molecule has 124 valence electrons. The zero-order valence-corrected chi connectivity index (χ0v) is 14.0. The number of nitrogens with one attached hydrogen (secondary N) is 2. The van der Waals surface area contributed by atoms with Gasteiger partial charge in [0.2, 0.25) is 5.91 Å². The second-order valence-corrected chi connectivity index (χ2v) is 7.75. The largest absolute Gasteiger partial charge is 0.349 e. The van der Waals surface area contributed by atoms with Crippen LogP contribution in [0.5, 0.6) is 0 Å². The molecule has 0 radical (unpaired) electrons. The predicted molar refractivity (Wildman–Crippen MR) is 91.3 cm³/mol. The van der Waals surface area contributed by atoms with E-state index < -0.39 is 0 Å². The Morgan fingerprint density at radius 1 is 1.00 bits per heavy atom. The minimum Gasteiger partial charge on any atom is -0.349 e. The van der Waals surface area contributed by atoms with Crippen LogP contribution in [-0.2, 0) is 4.79 Å². The van der Waals surface area contributed by atoms with Gasteiger partial charge in [-0.2, -0.15) is 0 Å². The molecule has 2 aliphatic carbocycles. The molecule has 2 fully saturated rings. The van der Waals surface area contributed by atoms with Crippen molar-refractivity contribution in [3.05, 3.63) is 29.8 Å². The summed E-state index contributed by atoms with van der Waals surface area (Å²) in [5.41, 5.74) is 1.78. The monoisotopic (exact) mass is 314 g/mol. The number of amides is 2. The molecule has 0 aliphatic heterocycles. The Morgan fingerprint density at radius 2 is 1.61 bits per heavy atom. The highest BCUT2D eigenvalue weighted by atomic mass is 16.2. The highest BCUT2D eigenvalue weighted by Gasteiger charge is 2.30. The van der Waals surface area contributed by atoms with E-state index in [4.69, 9.17) is 0 Å². The van der Waals surface area contributed by atoms with Gasteiger partial charge in [-0.15, -0.1) is 0 Å². The predicted octanol–water partition coefficient (Wildman–Crippen LogP) is 3.73. The lowest BCUT2D eigenvalue weighted by Gasteiger charge is -2.33. The first-order valence-electron chi connectivity index (χ1n) is 8.65. The fourth-order valence-corrected chi connectivity index (χ4v) is 3.11. The fraction of sp³-hybridized carbons (Fsp3) is 0.579. The minimum absolute atomic E-state index is 0.0279. The number of carbonyl (C=O) groups is 2. The summed E-state index contributed by atoms with van der Waals surface area (Å²) in [5.74, 6) is 0.191. The number of hydrogen-bond acceptors (Lipinski definition) is 2. The zero-order chi connectivity index (χ0) is 16.4. The number of rotatable bonds is 4. The van der Waals surface area contributed by atoms with Crippen molar-refractivity contribution in [2.24, 2.45) is 11.3 Å². The second kappa shape index (κ2) is 6.34. The third-order valence-electron chi connectivity index (χ3n) is 5.04. The van der Waals surface area contributed by atoms with Crippen LogP contribution in [0.3, 0.4) is 0 Å². The molecule has 4 heteroatoms. The molecule has 0 saturated heterocycles. The highest BCUT2D eigenvalue weighted by molar-refractivity contribution is 5.96. The van der Waals surface area contributed by atoms with E-state index in [1.807, 2.05) is 12.1 Å². The first-order valence-corrected chi connectivity index (χ1v) is 8.65. The maximum absolute atomic E-state index is 12.4. The molecule has 1 aromatic carbocycles. The fourth-order valence-electron chi connectivity index (χ4n) is 3.11. The highest BCUT2D eigenvalue weighted by Crippen LogP contribution is 2.38. The van der Waals surface area contributed by atoms with Gasteiger partial charge in [-0.3, -0.25) is 9.59 Å². The minimum atomic E-state index is -0.0279. The molecule has 23 heavy (non-hydrogen) atoms. The van der Waals surface area contributed by atoms with Crippen LogP contribution in [0.2, 0.25) is 0 Å². The standard InChI is InChI=1S/C19H26N2O2/c1-19(2)11-9-14(10-12-19)18(23)20-15-5-3-13(4-6-15)17(22)21-16-7-8-16/h3-6,14,16H,7-12H2,1-2H3,(H,20,23)(H,21,22). The Morgan fingerprint density at radius 3 is 2.17 bits per heavy atom. The van der Waals surface area contributed by atoms with Gasteiger partial charge in [-0.05, 0) is 68.2 Å². The molecule has 1 aromatic rings. The van der Waals surface area contributed by atoms with Gasteiger partial charge in [-0.25, -0.2) is 0 Å². The van der Waals surface area contributed by atoms with E-state index in [1.54, 1.807) is 12.1 Å². The van der Waals surface area contributed by atoms with Gasteiger partial charge in [0.15, 0.2) is 0 Å². The zero-order valence-electron chi connectivity index (χ0n) is 14.0. The van der Waals surface area contributed by atoms with Crippen molar-refractivity contribution < 1.29 is 9.59 Å². The Kier molecular flexibility index (Phi) is 4.42. The van der Waals surface area contributed by atoms with Crippen molar-refractivity contribution in [2.45, 2.75) is 58.4 Å². The number of benzene rings is 1. The van der Waals surface area contributed by atoms with Gasteiger partial charge in [0.1, 0.15) is 0 Å². The lowest BCUT2D eigenvalue weighted by molar-refractivity contribution is -0.121. The third-order valence-corrected chi connectivity index (χ3v) is 5.04. The summed E-state index contributed by atoms with van der Waals surface area (Å²) in [5, 5.41) is 5.95. The maximum Gasteiger partial charge on any atom is 0.251 e. The van der Waals surface area contributed by atoms with Crippen LogP contribution in [0.4, 0.5) is 5.69 Å². The molecule has 2 amide bonds. The molecular weight excluding hydrogens is 288 g/mol. The smallest absolute Gasteiger partial charge is 0.251 e. The maximum atomic E-state index is 12.4. The summed E-state index contributed by atoms with van der Waals surface area (Å²) in [6, 6.07) is 7.53. The summed E-state index contributed by atoms with van der Waals surface area (Å²) >= 11 is 0. The molecule has 2 aliphatic rings. The average Bonchev–Trinajstić information content (AvgIpc) is 3.31.